The molecule has 0 aliphatic rings. The van der Waals surface area contributed by atoms with Gasteiger partial charge in [-0.25, -0.2) is 0 Å². The lowest BCUT2D eigenvalue weighted by atomic mass is 10.0. The maximum atomic E-state index is 10.3. The Kier molecular flexibility index (Phi) is 6.61. The topological polar surface area (TPSA) is 62.4 Å². The third-order valence-electron chi connectivity index (χ3n) is 11.1. The zero-order valence-electron chi connectivity index (χ0n) is 29.5. The van der Waals surface area contributed by atoms with Crippen LogP contribution in [0.5, 0.6) is 0 Å². The Labute approximate surface area is 316 Å². The molecule has 0 N–H and O–H groups in total. The van der Waals surface area contributed by atoms with E-state index in [1.165, 1.54) is 21.8 Å². The summed E-state index contributed by atoms with van der Waals surface area (Å²) in [7, 11) is 0. The van der Waals surface area contributed by atoms with E-state index in [9.17, 15) is 10.5 Å². The normalized spacial score (nSPS) is 11.6. The molecule has 3 heterocycles. The van der Waals surface area contributed by atoms with E-state index in [4.69, 9.17) is 0 Å². The minimum atomic E-state index is 0.594. The summed E-state index contributed by atoms with van der Waals surface area (Å²) in [6.45, 7) is 0. The van der Waals surface area contributed by atoms with Crippen LogP contribution in [0.25, 0.3) is 93.6 Å². The molecule has 0 radical (unpaired) electrons. The lowest BCUT2D eigenvalue weighted by Gasteiger charge is -2.14. The van der Waals surface area contributed by atoms with Crippen LogP contribution in [-0.2, 0) is 0 Å². The van der Waals surface area contributed by atoms with Crippen molar-refractivity contribution < 1.29 is 0 Å². The molecule has 0 atom stereocenters. The first-order chi connectivity index (χ1) is 27.2. The van der Waals surface area contributed by atoms with Crippen molar-refractivity contribution in [1.29, 1.82) is 10.5 Å². The van der Waals surface area contributed by atoms with E-state index in [2.05, 4.69) is 165 Å². The highest BCUT2D eigenvalue weighted by Gasteiger charge is 2.18. The van der Waals surface area contributed by atoms with Crippen LogP contribution in [-0.4, -0.2) is 13.7 Å². The van der Waals surface area contributed by atoms with Gasteiger partial charge in [-0.15, -0.1) is 0 Å². The smallest absolute Gasteiger partial charge is 0.0992 e. The second-order valence-electron chi connectivity index (χ2n) is 14.0. The predicted octanol–water partition coefficient (Wildman–Crippen LogP) is 12.4. The molecular formula is C50H29N5. The SMILES string of the molecule is N#Cc1cc(-c2ccc(-n3c4ccccc4c4ccccc43)cc2)cc(-n2c3ccccc3c3ccc(-n4c5ccccc5c5cc(C#N)ccc54)cc32)c1. The first kappa shape index (κ1) is 30.7. The maximum Gasteiger partial charge on any atom is 0.0992 e. The molecule has 0 bridgehead atoms. The van der Waals surface area contributed by atoms with Gasteiger partial charge in [0.15, 0.2) is 0 Å². The molecule has 254 valence electrons. The van der Waals surface area contributed by atoms with Crippen molar-refractivity contribution in [2.24, 2.45) is 0 Å². The molecule has 55 heavy (non-hydrogen) atoms. The fraction of sp³-hybridized carbons (Fsp3) is 0. The molecule has 8 aromatic carbocycles. The van der Waals surface area contributed by atoms with Crippen molar-refractivity contribution in [2.75, 3.05) is 0 Å². The van der Waals surface area contributed by atoms with Crippen LogP contribution in [0.4, 0.5) is 0 Å². The van der Waals surface area contributed by atoms with E-state index >= 15 is 0 Å². The quantitative estimate of drug-likeness (QED) is 0.184. The standard InChI is InChI=1S/C50H29N5/c51-30-32-17-24-49-44(27-32)42-12-4-8-16-48(42)54(49)37-22-23-43-41-11-3-7-15-47(41)55(50(43)29-37)38-26-33(31-52)25-35(28-38)34-18-20-36(21-19-34)53-45-13-5-1-9-39(45)40-10-2-6-14-46(40)53/h1-29H. The molecule has 3 aromatic heterocycles. The van der Waals surface area contributed by atoms with E-state index in [0.717, 1.165) is 71.8 Å². The van der Waals surface area contributed by atoms with Gasteiger partial charge in [0.25, 0.3) is 0 Å². The van der Waals surface area contributed by atoms with Crippen molar-refractivity contribution in [3.8, 4) is 40.3 Å². The van der Waals surface area contributed by atoms with Crippen LogP contribution in [0.15, 0.2) is 176 Å². The Bertz CT molecular complexity index is 3400. The lowest BCUT2D eigenvalue weighted by Crippen LogP contribution is -1.98. The Morgan fingerprint density at radius 3 is 1.35 bits per heavy atom. The highest BCUT2D eigenvalue weighted by atomic mass is 15.0. The first-order valence-electron chi connectivity index (χ1n) is 18.3. The number of hydrogen-bond acceptors (Lipinski definition) is 2. The molecule has 0 spiro atoms. The van der Waals surface area contributed by atoms with Crippen LogP contribution in [0, 0.1) is 22.7 Å². The molecule has 0 amide bonds. The molecule has 0 aliphatic heterocycles. The summed E-state index contributed by atoms with van der Waals surface area (Å²) < 4.78 is 6.89. The highest BCUT2D eigenvalue weighted by molar-refractivity contribution is 6.12. The largest absolute Gasteiger partial charge is 0.309 e. The summed E-state index contributed by atoms with van der Waals surface area (Å²) in [5.41, 5.74) is 12.8. The van der Waals surface area contributed by atoms with Crippen LogP contribution >= 0.6 is 0 Å². The summed E-state index contributed by atoms with van der Waals surface area (Å²) in [5, 5.41) is 26.9. The Morgan fingerprint density at radius 2 is 0.764 bits per heavy atom. The number of aromatic nitrogens is 3. The second-order valence-corrected chi connectivity index (χ2v) is 14.0. The summed E-state index contributed by atoms with van der Waals surface area (Å²) >= 11 is 0. The summed E-state index contributed by atoms with van der Waals surface area (Å²) in [6.07, 6.45) is 0. The van der Waals surface area contributed by atoms with E-state index in [-0.39, 0.29) is 0 Å². The highest BCUT2D eigenvalue weighted by Crippen LogP contribution is 2.39. The van der Waals surface area contributed by atoms with Crippen molar-refractivity contribution >= 4 is 65.4 Å². The molecular weight excluding hydrogens is 671 g/mol. The molecule has 0 unspecified atom stereocenters. The number of nitriles is 2. The average Bonchev–Trinajstić information content (AvgIpc) is 3.88. The summed E-state index contributed by atoms with van der Waals surface area (Å²) in [4.78, 5) is 0. The van der Waals surface area contributed by atoms with Crippen molar-refractivity contribution in [3.05, 3.63) is 187 Å². The van der Waals surface area contributed by atoms with Gasteiger partial charge >= 0.3 is 0 Å². The molecule has 11 aromatic rings. The van der Waals surface area contributed by atoms with E-state index in [1.54, 1.807) is 0 Å². The molecule has 0 saturated heterocycles. The van der Waals surface area contributed by atoms with E-state index in [1.807, 2.05) is 36.4 Å². The van der Waals surface area contributed by atoms with Crippen molar-refractivity contribution in [2.45, 2.75) is 0 Å². The van der Waals surface area contributed by atoms with Crippen LogP contribution in [0.1, 0.15) is 11.1 Å². The lowest BCUT2D eigenvalue weighted by molar-refractivity contribution is 1.15. The van der Waals surface area contributed by atoms with Gasteiger partial charge in [-0.3, -0.25) is 0 Å². The monoisotopic (exact) mass is 699 g/mol. The Morgan fingerprint density at radius 1 is 0.291 bits per heavy atom. The summed E-state index contributed by atoms with van der Waals surface area (Å²) in [5.74, 6) is 0. The zero-order valence-corrected chi connectivity index (χ0v) is 29.5. The van der Waals surface area contributed by atoms with Crippen molar-refractivity contribution in [1.82, 2.24) is 13.7 Å². The van der Waals surface area contributed by atoms with E-state index in [0.29, 0.717) is 11.1 Å². The van der Waals surface area contributed by atoms with Gasteiger partial charge in [0.2, 0.25) is 0 Å². The third kappa shape index (κ3) is 4.58. The molecule has 5 nitrogen and oxygen atoms in total. The fourth-order valence-electron chi connectivity index (χ4n) is 8.67. The first-order valence-corrected chi connectivity index (χ1v) is 18.3. The number of fused-ring (bicyclic) bond motifs is 9. The van der Waals surface area contributed by atoms with Gasteiger partial charge in [0.05, 0.1) is 56.4 Å². The van der Waals surface area contributed by atoms with E-state index < -0.39 is 0 Å². The van der Waals surface area contributed by atoms with Gasteiger partial charge < -0.3 is 13.7 Å². The van der Waals surface area contributed by atoms with Crippen LogP contribution < -0.4 is 0 Å². The van der Waals surface area contributed by atoms with Gasteiger partial charge in [0, 0.05) is 49.4 Å². The number of benzene rings is 8. The fourth-order valence-corrected chi connectivity index (χ4v) is 8.67. The minimum Gasteiger partial charge on any atom is -0.309 e. The molecule has 0 saturated carbocycles. The van der Waals surface area contributed by atoms with Crippen LogP contribution in [0.3, 0.4) is 0 Å². The average molecular weight is 700 g/mol. The third-order valence-corrected chi connectivity index (χ3v) is 11.1. The number of hydrogen-bond donors (Lipinski definition) is 0. The van der Waals surface area contributed by atoms with Gasteiger partial charge in [-0.05, 0) is 96.1 Å². The summed E-state index contributed by atoms with van der Waals surface area (Å²) in [6, 6.07) is 66.0. The van der Waals surface area contributed by atoms with Crippen molar-refractivity contribution in [3.63, 3.8) is 0 Å². The Balaban J connectivity index is 1.09. The zero-order chi connectivity index (χ0) is 36.6. The molecule has 0 fully saturated rings. The second kappa shape index (κ2) is 11.8. The number of rotatable bonds is 4. The Hall–Kier alpha value is -7.86. The van der Waals surface area contributed by atoms with Gasteiger partial charge in [-0.1, -0.05) is 91.0 Å². The molecule has 11 rings (SSSR count). The van der Waals surface area contributed by atoms with Crippen LogP contribution in [0.2, 0.25) is 0 Å². The van der Waals surface area contributed by atoms with Gasteiger partial charge in [-0.2, -0.15) is 10.5 Å². The van der Waals surface area contributed by atoms with Gasteiger partial charge in [0.1, 0.15) is 0 Å². The predicted molar refractivity (Wildman–Crippen MR) is 224 cm³/mol. The number of nitrogens with zero attached hydrogens (tertiary/aromatic N) is 5. The minimum absolute atomic E-state index is 0.594. The molecule has 5 heteroatoms. The molecule has 0 aliphatic carbocycles. The number of para-hydroxylation sites is 4. The maximum absolute atomic E-state index is 10.3.